The van der Waals surface area contributed by atoms with Crippen molar-refractivity contribution in [2.24, 2.45) is 5.92 Å². The molecule has 0 aromatic heterocycles. The first-order valence-electron chi connectivity index (χ1n) is 8.61. The number of benzene rings is 1. The summed E-state index contributed by atoms with van der Waals surface area (Å²) in [7, 11) is 0. The highest BCUT2D eigenvalue weighted by molar-refractivity contribution is 5.74. The van der Waals surface area contributed by atoms with Crippen LogP contribution in [0.15, 0.2) is 30.3 Å². The van der Waals surface area contributed by atoms with Crippen LogP contribution >= 0.6 is 0 Å². The molecular weight excluding hydrogens is 320 g/mol. The van der Waals surface area contributed by atoms with Crippen molar-refractivity contribution in [3.8, 4) is 0 Å². The van der Waals surface area contributed by atoms with Crippen molar-refractivity contribution in [1.29, 1.82) is 0 Å². The second-order valence-corrected chi connectivity index (χ2v) is 7.45. The van der Waals surface area contributed by atoms with Gasteiger partial charge in [-0.1, -0.05) is 44.2 Å². The molecule has 1 amide bonds. The number of nitrogens with one attached hydrogen (secondary N) is 2. The number of ether oxygens (including phenoxy) is 1. The molecule has 0 aliphatic carbocycles. The molecule has 6 heteroatoms. The Morgan fingerprint density at radius 3 is 2.24 bits per heavy atom. The summed E-state index contributed by atoms with van der Waals surface area (Å²) >= 11 is 0. The maximum atomic E-state index is 12.1. The molecule has 1 rings (SSSR count). The first kappa shape index (κ1) is 21.0. The molecular formula is C19H30N2O4. The number of alkyl carbamates (subject to hydrolysis) is 1. The Bertz CT molecular complexity index is 552. The van der Waals surface area contributed by atoms with Crippen LogP contribution in [0.25, 0.3) is 0 Å². The van der Waals surface area contributed by atoms with E-state index in [1.165, 1.54) is 0 Å². The summed E-state index contributed by atoms with van der Waals surface area (Å²) in [4.78, 5) is 23.5. The van der Waals surface area contributed by atoms with Crippen LogP contribution in [0.4, 0.5) is 4.79 Å². The molecule has 3 N–H and O–H groups in total. The molecule has 0 aliphatic rings. The minimum absolute atomic E-state index is 0.114. The molecule has 1 unspecified atom stereocenters. The monoisotopic (exact) mass is 350 g/mol. The third-order valence-electron chi connectivity index (χ3n) is 3.57. The molecule has 1 aromatic carbocycles. The van der Waals surface area contributed by atoms with Gasteiger partial charge in [0, 0.05) is 0 Å². The molecule has 0 saturated carbocycles. The van der Waals surface area contributed by atoms with Gasteiger partial charge in [0.2, 0.25) is 0 Å². The van der Waals surface area contributed by atoms with Crippen molar-refractivity contribution < 1.29 is 19.4 Å². The van der Waals surface area contributed by atoms with Crippen molar-refractivity contribution in [3.63, 3.8) is 0 Å². The van der Waals surface area contributed by atoms with Crippen LogP contribution in [0.1, 0.15) is 46.6 Å². The molecule has 0 radical (unpaired) electrons. The van der Waals surface area contributed by atoms with Gasteiger partial charge in [-0.3, -0.25) is 10.1 Å². The zero-order valence-electron chi connectivity index (χ0n) is 15.7. The van der Waals surface area contributed by atoms with E-state index in [0.717, 1.165) is 5.56 Å². The number of rotatable bonds is 8. The Balaban J connectivity index is 2.77. The maximum Gasteiger partial charge on any atom is 0.408 e. The summed E-state index contributed by atoms with van der Waals surface area (Å²) in [5, 5.41) is 15.2. The van der Waals surface area contributed by atoms with Crippen LogP contribution in [0.3, 0.4) is 0 Å². The molecule has 140 valence electrons. The van der Waals surface area contributed by atoms with Gasteiger partial charge in [0.15, 0.2) is 0 Å². The average Bonchev–Trinajstić information content (AvgIpc) is 2.48. The fourth-order valence-electron chi connectivity index (χ4n) is 2.37. The predicted molar refractivity (Wildman–Crippen MR) is 97.3 cm³/mol. The highest BCUT2D eigenvalue weighted by Gasteiger charge is 2.26. The molecule has 0 fully saturated rings. The topological polar surface area (TPSA) is 87.7 Å². The van der Waals surface area contributed by atoms with E-state index in [1.807, 2.05) is 44.2 Å². The third kappa shape index (κ3) is 8.54. The van der Waals surface area contributed by atoms with Gasteiger partial charge in [-0.15, -0.1) is 0 Å². The van der Waals surface area contributed by atoms with Crippen LogP contribution < -0.4 is 10.6 Å². The Morgan fingerprint density at radius 2 is 1.76 bits per heavy atom. The number of amides is 1. The minimum atomic E-state index is -0.939. The number of carbonyl (C=O) groups is 2. The molecule has 2 atom stereocenters. The molecule has 0 heterocycles. The summed E-state index contributed by atoms with van der Waals surface area (Å²) < 4.78 is 5.29. The van der Waals surface area contributed by atoms with Gasteiger partial charge in [-0.05, 0) is 45.1 Å². The van der Waals surface area contributed by atoms with E-state index >= 15 is 0 Å². The fraction of sp³-hybridized carbons (Fsp3) is 0.579. The van der Waals surface area contributed by atoms with Gasteiger partial charge in [0.25, 0.3) is 0 Å². The van der Waals surface area contributed by atoms with Gasteiger partial charge < -0.3 is 15.2 Å². The van der Waals surface area contributed by atoms with Gasteiger partial charge in [-0.25, -0.2) is 4.79 Å². The summed E-state index contributed by atoms with van der Waals surface area (Å²) in [5.74, 6) is -1.05. The van der Waals surface area contributed by atoms with E-state index in [9.17, 15) is 14.7 Å². The molecule has 0 saturated heterocycles. The lowest BCUT2D eigenvalue weighted by molar-refractivity contribution is -0.141. The zero-order valence-corrected chi connectivity index (χ0v) is 15.7. The van der Waals surface area contributed by atoms with E-state index in [1.54, 1.807) is 20.8 Å². The lowest BCUT2D eigenvalue weighted by atomic mass is 10.0. The van der Waals surface area contributed by atoms with Gasteiger partial charge in [-0.2, -0.15) is 0 Å². The van der Waals surface area contributed by atoms with Crippen molar-refractivity contribution in [1.82, 2.24) is 10.6 Å². The van der Waals surface area contributed by atoms with Crippen LogP contribution in [-0.2, 0) is 16.0 Å². The molecule has 1 aromatic rings. The summed E-state index contributed by atoms with van der Waals surface area (Å²) in [6.45, 7) is 9.01. The van der Waals surface area contributed by atoms with E-state index in [0.29, 0.717) is 12.8 Å². The van der Waals surface area contributed by atoms with Crippen LogP contribution in [0, 0.1) is 5.92 Å². The smallest absolute Gasteiger partial charge is 0.408 e. The third-order valence-corrected chi connectivity index (χ3v) is 3.57. The normalized spacial score (nSPS) is 14.0. The zero-order chi connectivity index (χ0) is 19.0. The second kappa shape index (κ2) is 9.42. The van der Waals surface area contributed by atoms with Crippen LogP contribution in [0.2, 0.25) is 0 Å². The van der Waals surface area contributed by atoms with Crippen molar-refractivity contribution in [2.45, 2.75) is 65.3 Å². The number of carboxylic acids is 1. The van der Waals surface area contributed by atoms with Crippen LogP contribution in [-0.4, -0.2) is 35.0 Å². The molecule has 0 spiro atoms. The Kier molecular flexibility index (Phi) is 7.90. The highest BCUT2D eigenvalue weighted by atomic mass is 16.6. The van der Waals surface area contributed by atoms with Gasteiger partial charge in [0.1, 0.15) is 11.6 Å². The molecule has 25 heavy (non-hydrogen) atoms. The number of carbonyl (C=O) groups excluding carboxylic acids is 1. The first-order valence-corrected chi connectivity index (χ1v) is 8.61. The second-order valence-electron chi connectivity index (χ2n) is 7.45. The summed E-state index contributed by atoms with van der Waals surface area (Å²) in [6.07, 6.45) is 0.197. The first-order chi connectivity index (χ1) is 11.6. The lowest BCUT2D eigenvalue weighted by Crippen LogP contribution is -2.54. The van der Waals surface area contributed by atoms with E-state index in [2.05, 4.69) is 10.6 Å². The highest BCUT2D eigenvalue weighted by Crippen LogP contribution is 2.10. The van der Waals surface area contributed by atoms with Crippen molar-refractivity contribution in [3.05, 3.63) is 35.9 Å². The van der Waals surface area contributed by atoms with Crippen LogP contribution in [0.5, 0.6) is 0 Å². The van der Waals surface area contributed by atoms with Gasteiger partial charge in [0.05, 0.1) is 6.17 Å². The number of aliphatic carboxylic acids is 1. The van der Waals surface area contributed by atoms with E-state index in [4.69, 9.17) is 4.74 Å². The Morgan fingerprint density at radius 1 is 1.16 bits per heavy atom. The summed E-state index contributed by atoms with van der Waals surface area (Å²) in [6, 6.07) is 9.09. The average molecular weight is 350 g/mol. The molecule has 0 bridgehead atoms. The number of carboxylic acid groups (broad SMARTS) is 1. The predicted octanol–water partition coefficient (Wildman–Crippen LogP) is 3.17. The SMILES string of the molecule is CC(C)[C@H](NC(CCc1ccccc1)NC(=O)OC(C)(C)C)C(=O)O. The van der Waals surface area contributed by atoms with E-state index < -0.39 is 29.9 Å². The largest absolute Gasteiger partial charge is 0.480 e. The quantitative estimate of drug-likeness (QED) is 0.627. The standard InChI is InChI=1S/C19H30N2O4/c1-13(2)16(17(22)23)20-15(21-18(24)25-19(3,4)5)12-11-14-9-7-6-8-10-14/h6-10,13,15-16,20H,11-12H2,1-5H3,(H,21,24)(H,22,23)/t15?,16-/m0/s1. The maximum absolute atomic E-state index is 12.1. The lowest BCUT2D eigenvalue weighted by Gasteiger charge is -2.28. The fourth-order valence-corrected chi connectivity index (χ4v) is 2.37. The van der Waals surface area contributed by atoms with E-state index in [-0.39, 0.29) is 5.92 Å². The van der Waals surface area contributed by atoms with Crippen molar-refractivity contribution in [2.75, 3.05) is 0 Å². The number of hydrogen-bond acceptors (Lipinski definition) is 4. The Hall–Kier alpha value is -2.08. The van der Waals surface area contributed by atoms with Gasteiger partial charge >= 0.3 is 12.1 Å². The summed E-state index contributed by atoms with van der Waals surface area (Å²) in [5.41, 5.74) is 0.509. The van der Waals surface area contributed by atoms with Crippen molar-refractivity contribution >= 4 is 12.1 Å². The minimum Gasteiger partial charge on any atom is -0.480 e. The Labute approximate surface area is 150 Å². The number of aryl methyl sites for hydroxylation is 1. The molecule has 0 aliphatic heterocycles. The number of hydrogen-bond donors (Lipinski definition) is 3. The molecule has 6 nitrogen and oxygen atoms in total.